The van der Waals surface area contributed by atoms with E-state index in [1.54, 1.807) is 7.11 Å². The van der Waals surface area contributed by atoms with E-state index >= 15 is 0 Å². The smallest absolute Gasteiger partial charge is 0.133 e. The average molecular weight is 285 g/mol. The molecule has 0 fully saturated rings. The van der Waals surface area contributed by atoms with Crippen LogP contribution in [-0.2, 0) is 6.42 Å². The molecule has 0 spiro atoms. The van der Waals surface area contributed by atoms with Gasteiger partial charge in [0, 0.05) is 0 Å². The van der Waals surface area contributed by atoms with E-state index in [1.807, 2.05) is 0 Å². The van der Waals surface area contributed by atoms with E-state index in [0.717, 1.165) is 22.6 Å². The molecule has 0 saturated heterocycles. The maximum Gasteiger partial charge on any atom is 0.133 e. The Bertz CT molecular complexity index is 321. The number of aryl methyl sites for hydroxylation is 1. The van der Waals surface area contributed by atoms with Crippen molar-refractivity contribution in [3.05, 3.63) is 28.2 Å². The second-order valence-electron chi connectivity index (χ2n) is 4.61. The molecule has 0 aromatic heterocycles. The van der Waals surface area contributed by atoms with Gasteiger partial charge in [0.2, 0.25) is 0 Å². The average Bonchev–Trinajstić information content (AvgIpc) is 2.26. The molecule has 90 valence electrons. The van der Waals surface area contributed by atoms with Crippen LogP contribution < -0.4 is 4.74 Å². The lowest BCUT2D eigenvalue weighted by molar-refractivity contribution is 0.411. The minimum atomic E-state index is 0.819. The number of halogens is 1. The van der Waals surface area contributed by atoms with Crippen molar-refractivity contribution in [2.45, 2.75) is 39.5 Å². The maximum absolute atomic E-state index is 5.28. The van der Waals surface area contributed by atoms with Crippen molar-refractivity contribution in [1.82, 2.24) is 0 Å². The summed E-state index contributed by atoms with van der Waals surface area (Å²) in [5.41, 5.74) is 1.36. The van der Waals surface area contributed by atoms with Gasteiger partial charge in [-0.05, 0) is 52.4 Å². The van der Waals surface area contributed by atoms with Gasteiger partial charge in [0.15, 0.2) is 0 Å². The second-order valence-corrected chi connectivity index (χ2v) is 5.46. The van der Waals surface area contributed by atoms with Crippen molar-refractivity contribution in [2.75, 3.05) is 7.11 Å². The Balaban J connectivity index is 2.42. The van der Waals surface area contributed by atoms with Crippen LogP contribution in [0.1, 0.15) is 38.7 Å². The van der Waals surface area contributed by atoms with Gasteiger partial charge in [-0.15, -0.1) is 0 Å². The van der Waals surface area contributed by atoms with Gasteiger partial charge in [-0.3, -0.25) is 0 Å². The van der Waals surface area contributed by atoms with Gasteiger partial charge < -0.3 is 4.74 Å². The van der Waals surface area contributed by atoms with Crippen molar-refractivity contribution in [2.24, 2.45) is 5.92 Å². The van der Waals surface area contributed by atoms with Gasteiger partial charge in [0.05, 0.1) is 11.6 Å². The first kappa shape index (κ1) is 13.6. The molecule has 0 radical (unpaired) electrons. The van der Waals surface area contributed by atoms with Crippen molar-refractivity contribution in [3.8, 4) is 5.75 Å². The molecule has 16 heavy (non-hydrogen) atoms. The fourth-order valence-electron chi connectivity index (χ4n) is 1.74. The molecule has 0 bridgehead atoms. The first-order chi connectivity index (χ1) is 7.63. The van der Waals surface area contributed by atoms with Gasteiger partial charge in [-0.25, -0.2) is 0 Å². The van der Waals surface area contributed by atoms with E-state index in [0.29, 0.717) is 0 Å². The van der Waals surface area contributed by atoms with E-state index in [4.69, 9.17) is 4.74 Å². The van der Waals surface area contributed by atoms with Gasteiger partial charge in [-0.1, -0.05) is 32.8 Å². The lowest BCUT2D eigenvalue weighted by atomic mass is 10.0. The SMILES string of the molecule is COc1cc(CCCCC(C)C)ccc1Br. The third-order valence-electron chi connectivity index (χ3n) is 2.71. The molecular weight excluding hydrogens is 264 g/mol. The molecule has 2 heteroatoms. The summed E-state index contributed by atoms with van der Waals surface area (Å²) in [5.74, 6) is 1.75. The third kappa shape index (κ3) is 4.56. The highest BCUT2D eigenvalue weighted by Gasteiger charge is 2.02. The van der Waals surface area contributed by atoms with Crippen molar-refractivity contribution >= 4 is 15.9 Å². The number of unbranched alkanes of at least 4 members (excludes halogenated alkanes) is 1. The quantitative estimate of drug-likeness (QED) is 0.680. The Morgan fingerprint density at radius 3 is 2.62 bits per heavy atom. The van der Waals surface area contributed by atoms with E-state index in [-0.39, 0.29) is 0 Å². The monoisotopic (exact) mass is 284 g/mol. The largest absolute Gasteiger partial charge is 0.496 e. The summed E-state index contributed by atoms with van der Waals surface area (Å²) in [6, 6.07) is 6.36. The Morgan fingerprint density at radius 2 is 2.00 bits per heavy atom. The summed E-state index contributed by atoms with van der Waals surface area (Å²) in [4.78, 5) is 0. The molecule has 0 unspecified atom stereocenters. The highest BCUT2D eigenvalue weighted by atomic mass is 79.9. The topological polar surface area (TPSA) is 9.23 Å². The van der Waals surface area contributed by atoms with Gasteiger partial charge in [-0.2, -0.15) is 0 Å². The van der Waals surface area contributed by atoms with Crippen molar-refractivity contribution in [1.29, 1.82) is 0 Å². The summed E-state index contributed by atoms with van der Waals surface area (Å²) < 4.78 is 6.31. The molecule has 1 aromatic carbocycles. The minimum absolute atomic E-state index is 0.819. The van der Waals surface area contributed by atoms with Gasteiger partial charge in [0.1, 0.15) is 5.75 Å². The molecule has 0 aliphatic rings. The Morgan fingerprint density at radius 1 is 1.25 bits per heavy atom. The molecule has 0 amide bonds. The number of rotatable bonds is 6. The van der Waals surface area contributed by atoms with E-state index in [2.05, 4.69) is 48.0 Å². The lowest BCUT2D eigenvalue weighted by Gasteiger charge is -2.07. The molecule has 0 aliphatic carbocycles. The molecule has 1 aromatic rings. The molecule has 1 nitrogen and oxygen atoms in total. The standard InChI is InChI=1S/C14H21BrO/c1-11(2)6-4-5-7-12-8-9-13(15)14(10-12)16-3/h8-11H,4-7H2,1-3H3. The summed E-state index contributed by atoms with van der Waals surface area (Å²) >= 11 is 3.47. The van der Waals surface area contributed by atoms with Gasteiger partial charge in [0.25, 0.3) is 0 Å². The summed E-state index contributed by atoms with van der Waals surface area (Å²) in [6.45, 7) is 4.56. The fraction of sp³-hybridized carbons (Fsp3) is 0.571. The van der Waals surface area contributed by atoms with E-state index < -0.39 is 0 Å². The zero-order valence-electron chi connectivity index (χ0n) is 10.4. The highest BCUT2D eigenvalue weighted by Crippen LogP contribution is 2.26. The van der Waals surface area contributed by atoms with Crippen molar-refractivity contribution in [3.63, 3.8) is 0 Å². The normalized spacial score (nSPS) is 10.8. The van der Waals surface area contributed by atoms with Crippen LogP contribution in [0.3, 0.4) is 0 Å². The Hall–Kier alpha value is -0.500. The molecular formula is C14H21BrO. The number of benzene rings is 1. The second kappa shape index (κ2) is 6.95. The molecule has 0 heterocycles. The predicted octanol–water partition coefficient (Wildman–Crippen LogP) is 4.83. The third-order valence-corrected chi connectivity index (χ3v) is 3.37. The zero-order chi connectivity index (χ0) is 12.0. The van der Waals surface area contributed by atoms with Crippen LogP contribution in [0.2, 0.25) is 0 Å². The van der Waals surface area contributed by atoms with Crippen LogP contribution in [0.25, 0.3) is 0 Å². The number of ether oxygens (including phenoxy) is 1. The summed E-state index contributed by atoms with van der Waals surface area (Å²) in [6.07, 6.45) is 5.06. The molecule has 0 N–H and O–H groups in total. The number of methoxy groups -OCH3 is 1. The highest BCUT2D eigenvalue weighted by molar-refractivity contribution is 9.10. The van der Waals surface area contributed by atoms with Crippen LogP contribution in [0.5, 0.6) is 5.75 Å². The molecule has 0 atom stereocenters. The predicted molar refractivity (Wildman–Crippen MR) is 73.1 cm³/mol. The summed E-state index contributed by atoms with van der Waals surface area (Å²) in [5, 5.41) is 0. The first-order valence-electron chi connectivity index (χ1n) is 5.96. The number of hydrogen-bond acceptors (Lipinski definition) is 1. The fourth-order valence-corrected chi connectivity index (χ4v) is 2.15. The minimum Gasteiger partial charge on any atom is -0.496 e. The zero-order valence-corrected chi connectivity index (χ0v) is 12.0. The molecule has 0 aliphatic heterocycles. The molecule has 1 rings (SSSR count). The first-order valence-corrected chi connectivity index (χ1v) is 6.75. The van der Waals surface area contributed by atoms with E-state index in [1.165, 1.54) is 24.8 Å². The lowest BCUT2D eigenvalue weighted by Crippen LogP contribution is -1.91. The van der Waals surface area contributed by atoms with Crippen LogP contribution in [0.15, 0.2) is 22.7 Å². The Labute approximate surface area is 107 Å². The van der Waals surface area contributed by atoms with Crippen LogP contribution in [0.4, 0.5) is 0 Å². The van der Waals surface area contributed by atoms with Crippen LogP contribution >= 0.6 is 15.9 Å². The van der Waals surface area contributed by atoms with Crippen LogP contribution in [-0.4, -0.2) is 7.11 Å². The molecule has 0 saturated carbocycles. The summed E-state index contributed by atoms with van der Waals surface area (Å²) in [7, 11) is 1.71. The number of hydrogen-bond donors (Lipinski definition) is 0. The Kier molecular flexibility index (Phi) is 5.89. The van der Waals surface area contributed by atoms with E-state index in [9.17, 15) is 0 Å². The maximum atomic E-state index is 5.28. The van der Waals surface area contributed by atoms with Crippen molar-refractivity contribution < 1.29 is 4.74 Å². The van der Waals surface area contributed by atoms with Crippen LogP contribution in [0, 0.1) is 5.92 Å². The van der Waals surface area contributed by atoms with Gasteiger partial charge >= 0.3 is 0 Å².